The van der Waals surface area contributed by atoms with Crippen LogP contribution in [0.15, 0.2) is 77.1 Å². The third-order valence-corrected chi connectivity index (χ3v) is 5.32. The van der Waals surface area contributed by atoms with Crippen LogP contribution in [0.5, 0.6) is 5.75 Å². The molecule has 1 unspecified atom stereocenters. The molecule has 0 radical (unpaired) electrons. The Balaban J connectivity index is 1.78. The lowest BCUT2D eigenvalue weighted by atomic mass is 10.1. The van der Waals surface area contributed by atoms with E-state index in [1.165, 1.54) is 12.1 Å². The van der Waals surface area contributed by atoms with E-state index in [4.69, 9.17) is 14.6 Å². The van der Waals surface area contributed by atoms with E-state index in [9.17, 15) is 10.1 Å². The molecule has 10 nitrogen and oxygen atoms in total. The predicted molar refractivity (Wildman–Crippen MR) is 133 cm³/mol. The fourth-order valence-electron chi connectivity index (χ4n) is 3.81. The highest BCUT2D eigenvalue weighted by Crippen LogP contribution is 2.38. The molecule has 0 fully saturated rings. The number of hydrogen-bond donors (Lipinski definition) is 0. The fourth-order valence-corrected chi connectivity index (χ4v) is 3.81. The van der Waals surface area contributed by atoms with Gasteiger partial charge < -0.3 is 14.4 Å². The number of amidine groups is 1. The largest absolute Gasteiger partial charge is 0.496 e. The molecule has 2 aromatic carbocycles. The molecule has 0 bridgehead atoms. The van der Waals surface area contributed by atoms with Crippen molar-refractivity contribution in [1.82, 2.24) is 14.9 Å². The van der Waals surface area contributed by atoms with Crippen LogP contribution < -0.4 is 4.74 Å². The topological polar surface area (TPSA) is 106 Å². The summed E-state index contributed by atoms with van der Waals surface area (Å²) in [6, 6.07) is 15.7. The lowest BCUT2D eigenvalue weighted by Gasteiger charge is -2.25. The first-order valence-electron chi connectivity index (χ1n) is 10.9. The summed E-state index contributed by atoms with van der Waals surface area (Å²) >= 11 is 0. The molecule has 4 rings (SSSR count). The molecule has 1 atom stereocenters. The van der Waals surface area contributed by atoms with Crippen molar-refractivity contribution in [2.45, 2.75) is 19.7 Å². The fraction of sp³-hybridized carbons (Fsp3) is 0.240. The number of aromatic nitrogens is 1. The summed E-state index contributed by atoms with van der Waals surface area (Å²) in [6.07, 6.45) is 2.68. The van der Waals surface area contributed by atoms with Crippen LogP contribution >= 0.6 is 0 Å². The van der Waals surface area contributed by atoms with Gasteiger partial charge in [-0.3, -0.25) is 15.1 Å². The molecule has 1 aliphatic rings. The van der Waals surface area contributed by atoms with Gasteiger partial charge in [0.15, 0.2) is 0 Å². The standard InChI is InChI=1S/C25H26N6O4/c1-17(27-20-8-6-9-21(15-20)31(32)33)30-25(35-24(28-30)18-11-13-26-14-12-18)22-10-5-7-19(16-29(2)3)23(22)34-4/h5-15,25H,16H2,1-4H3. The summed E-state index contributed by atoms with van der Waals surface area (Å²) in [6.45, 7) is 2.47. The minimum absolute atomic E-state index is 0.0349. The Hall–Kier alpha value is -4.31. The first kappa shape index (κ1) is 23.8. The van der Waals surface area contributed by atoms with Gasteiger partial charge in [0.05, 0.1) is 23.3 Å². The Morgan fingerprint density at radius 3 is 2.63 bits per heavy atom. The highest BCUT2D eigenvalue weighted by molar-refractivity contribution is 5.97. The Kier molecular flexibility index (Phi) is 7.02. The summed E-state index contributed by atoms with van der Waals surface area (Å²) in [5.74, 6) is 1.61. The zero-order valence-electron chi connectivity index (χ0n) is 20.0. The number of methoxy groups -OCH3 is 1. The molecule has 0 amide bonds. The Morgan fingerprint density at radius 2 is 1.94 bits per heavy atom. The molecule has 0 saturated heterocycles. The van der Waals surface area contributed by atoms with Crippen LogP contribution in [0.2, 0.25) is 0 Å². The molecule has 0 N–H and O–H groups in total. The quantitative estimate of drug-likeness (QED) is 0.215. The summed E-state index contributed by atoms with van der Waals surface area (Å²) in [5, 5.41) is 17.6. The summed E-state index contributed by atoms with van der Waals surface area (Å²) in [7, 11) is 5.61. The van der Waals surface area contributed by atoms with Gasteiger partial charge in [-0.1, -0.05) is 18.2 Å². The number of nitro benzene ring substituents is 1. The number of ether oxygens (including phenoxy) is 2. The van der Waals surface area contributed by atoms with Crippen molar-refractivity contribution in [3.63, 3.8) is 0 Å². The normalized spacial score (nSPS) is 15.7. The molecule has 0 aliphatic carbocycles. The van der Waals surface area contributed by atoms with Crippen LogP contribution in [0.1, 0.15) is 29.8 Å². The highest BCUT2D eigenvalue weighted by Gasteiger charge is 2.35. The Morgan fingerprint density at radius 1 is 1.20 bits per heavy atom. The average Bonchev–Trinajstić information content (AvgIpc) is 3.30. The van der Waals surface area contributed by atoms with E-state index in [2.05, 4.69) is 14.9 Å². The molecule has 3 aromatic rings. The van der Waals surface area contributed by atoms with Gasteiger partial charge >= 0.3 is 0 Å². The second-order valence-electron chi connectivity index (χ2n) is 8.17. The van der Waals surface area contributed by atoms with Crippen molar-refractivity contribution in [3.05, 3.63) is 93.8 Å². The summed E-state index contributed by atoms with van der Waals surface area (Å²) in [4.78, 5) is 21.5. The van der Waals surface area contributed by atoms with Crippen LogP contribution in [0, 0.1) is 10.1 Å². The maximum absolute atomic E-state index is 11.2. The van der Waals surface area contributed by atoms with Crippen molar-refractivity contribution in [2.24, 2.45) is 10.1 Å². The van der Waals surface area contributed by atoms with E-state index in [-0.39, 0.29) is 5.69 Å². The molecule has 35 heavy (non-hydrogen) atoms. The number of non-ortho nitro benzene ring substituents is 1. The van der Waals surface area contributed by atoms with Crippen LogP contribution in [-0.4, -0.2) is 52.8 Å². The highest BCUT2D eigenvalue weighted by atomic mass is 16.6. The number of hydrogen-bond acceptors (Lipinski definition) is 8. The molecular formula is C25H26N6O4. The van der Waals surface area contributed by atoms with E-state index in [0.29, 0.717) is 29.7 Å². The molecule has 180 valence electrons. The average molecular weight is 475 g/mol. The molecule has 10 heteroatoms. The summed E-state index contributed by atoms with van der Waals surface area (Å²) in [5.41, 5.74) is 2.96. The third-order valence-electron chi connectivity index (χ3n) is 5.32. The SMILES string of the molecule is COc1c(CN(C)C)cccc1C1OC(c2ccncc2)=NN1C(C)=Nc1cccc([N+](=O)[O-])c1. The van der Waals surface area contributed by atoms with Gasteiger partial charge in [0, 0.05) is 42.2 Å². The number of nitrogens with zero attached hydrogens (tertiary/aromatic N) is 6. The van der Waals surface area contributed by atoms with Gasteiger partial charge in [-0.05, 0) is 45.3 Å². The van der Waals surface area contributed by atoms with Gasteiger partial charge in [-0.2, -0.15) is 0 Å². The minimum atomic E-state index is -0.655. The van der Waals surface area contributed by atoms with E-state index in [1.807, 2.05) is 44.4 Å². The molecule has 0 saturated carbocycles. The predicted octanol–water partition coefficient (Wildman–Crippen LogP) is 4.50. The van der Waals surface area contributed by atoms with Gasteiger partial charge in [0.1, 0.15) is 11.6 Å². The zero-order valence-corrected chi connectivity index (χ0v) is 20.0. The van der Waals surface area contributed by atoms with Crippen molar-refractivity contribution in [1.29, 1.82) is 0 Å². The van der Waals surface area contributed by atoms with Crippen LogP contribution in [-0.2, 0) is 11.3 Å². The number of hydrazone groups is 1. The van der Waals surface area contributed by atoms with E-state index in [0.717, 1.165) is 16.7 Å². The molecule has 1 aromatic heterocycles. The van der Waals surface area contributed by atoms with Crippen LogP contribution in [0.3, 0.4) is 0 Å². The number of nitro groups is 1. The summed E-state index contributed by atoms with van der Waals surface area (Å²) < 4.78 is 12.1. The molecule has 2 heterocycles. The first-order chi connectivity index (χ1) is 16.9. The second kappa shape index (κ2) is 10.3. The maximum atomic E-state index is 11.2. The lowest BCUT2D eigenvalue weighted by molar-refractivity contribution is -0.384. The lowest BCUT2D eigenvalue weighted by Crippen LogP contribution is -2.26. The van der Waals surface area contributed by atoms with Crippen LogP contribution in [0.25, 0.3) is 0 Å². The van der Waals surface area contributed by atoms with Crippen molar-refractivity contribution >= 4 is 23.1 Å². The van der Waals surface area contributed by atoms with E-state index in [1.54, 1.807) is 43.6 Å². The minimum Gasteiger partial charge on any atom is -0.496 e. The van der Waals surface area contributed by atoms with Gasteiger partial charge in [0.25, 0.3) is 5.69 Å². The number of benzene rings is 2. The number of rotatable bonds is 7. The monoisotopic (exact) mass is 474 g/mol. The Bertz CT molecular complexity index is 1280. The van der Waals surface area contributed by atoms with Crippen LogP contribution in [0.4, 0.5) is 11.4 Å². The van der Waals surface area contributed by atoms with Crippen molar-refractivity contribution < 1.29 is 14.4 Å². The van der Waals surface area contributed by atoms with Gasteiger partial charge in [-0.15, -0.1) is 5.10 Å². The van der Waals surface area contributed by atoms with Crippen molar-refractivity contribution in [2.75, 3.05) is 21.2 Å². The number of para-hydroxylation sites is 1. The van der Waals surface area contributed by atoms with Crippen molar-refractivity contribution in [3.8, 4) is 5.75 Å². The smallest absolute Gasteiger partial charge is 0.271 e. The second-order valence-corrected chi connectivity index (χ2v) is 8.17. The zero-order chi connectivity index (χ0) is 24.9. The first-order valence-corrected chi connectivity index (χ1v) is 10.9. The molecule has 0 spiro atoms. The van der Waals surface area contributed by atoms with Gasteiger partial charge in [0.2, 0.25) is 12.1 Å². The van der Waals surface area contributed by atoms with Gasteiger partial charge in [-0.25, -0.2) is 10.0 Å². The maximum Gasteiger partial charge on any atom is 0.271 e. The number of aliphatic imine (C=N–C) groups is 1. The molecule has 1 aliphatic heterocycles. The number of pyridine rings is 1. The Labute approximate surface area is 203 Å². The third kappa shape index (κ3) is 5.28. The molecular weight excluding hydrogens is 448 g/mol. The van der Waals surface area contributed by atoms with E-state index < -0.39 is 11.2 Å². The van der Waals surface area contributed by atoms with E-state index >= 15 is 0 Å².